The van der Waals surface area contributed by atoms with Gasteiger partial charge in [-0.2, -0.15) is 5.26 Å². The minimum atomic E-state index is -0.927. The standard InChI is InChI=1S/C15H15N3O5/c1-15(9-16,11-2-3-11)17-14(20)8-23-13-5-4-12(18(21)22)6-10(13)7-19/h4-7,11H,2-3,8H2,1H3,(H,17,20). The van der Waals surface area contributed by atoms with Crippen molar-refractivity contribution in [1.82, 2.24) is 5.32 Å². The fourth-order valence-corrected chi connectivity index (χ4v) is 2.22. The number of nitriles is 1. The number of benzene rings is 1. The molecule has 23 heavy (non-hydrogen) atoms. The summed E-state index contributed by atoms with van der Waals surface area (Å²) in [7, 11) is 0. The third-order valence-corrected chi connectivity index (χ3v) is 3.72. The number of nitrogens with one attached hydrogen (secondary N) is 1. The maximum absolute atomic E-state index is 11.9. The number of carbonyl (C=O) groups excluding carboxylic acids is 2. The van der Waals surface area contributed by atoms with Gasteiger partial charge in [-0.25, -0.2) is 0 Å². The predicted molar refractivity (Wildman–Crippen MR) is 78.9 cm³/mol. The zero-order valence-electron chi connectivity index (χ0n) is 12.4. The van der Waals surface area contributed by atoms with Gasteiger partial charge in [-0.3, -0.25) is 19.7 Å². The highest BCUT2D eigenvalue weighted by molar-refractivity contribution is 5.82. The molecule has 0 aromatic heterocycles. The molecule has 0 saturated heterocycles. The Morgan fingerprint density at radius 3 is 2.83 bits per heavy atom. The average Bonchev–Trinajstić information content (AvgIpc) is 3.37. The second kappa shape index (κ2) is 6.44. The van der Waals surface area contributed by atoms with Gasteiger partial charge in [0.2, 0.25) is 0 Å². The largest absolute Gasteiger partial charge is 0.483 e. The number of nitro groups is 1. The summed E-state index contributed by atoms with van der Waals surface area (Å²) < 4.78 is 5.24. The third-order valence-electron chi connectivity index (χ3n) is 3.72. The fraction of sp³-hybridized carbons (Fsp3) is 0.400. The van der Waals surface area contributed by atoms with E-state index in [9.17, 15) is 25.0 Å². The molecule has 1 atom stereocenters. The molecule has 8 heteroatoms. The van der Waals surface area contributed by atoms with Gasteiger partial charge in [0.1, 0.15) is 11.3 Å². The molecule has 1 aromatic rings. The van der Waals surface area contributed by atoms with Gasteiger partial charge >= 0.3 is 0 Å². The lowest BCUT2D eigenvalue weighted by Gasteiger charge is -2.22. The molecule has 120 valence electrons. The summed E-state index contributed by atoms with van der Waals surface area (Å²) in [6, 6.07) is 5.61. The number of hydrogen-bond acceptors (Lipinski definition) is 6. The lowest BCUT2D eigenvalue weighted by molar-refractivity contribution is -0.384. The van der Waals surface area contributed by atoms with Crippen molar-refractivity contribution in [1.29, 1.82) is 5.26 Å². The topological polar surface area (TPSA) is 122 Å². The minimum Gasteiger partial charge on any atom is -0.483 e. The van der Waals surface area contributed by atoms with E-state index in [-0.39, 0.29) is 29.5 Å². The van der Waals surface area contributed by atoms with Crippen LogP contribution in [-0.2, 0) is 4.79 Å². The van der Waals surface area contributed by atoms with E-state index in [2.05, 4.69) is 11.4 Å². The Balaban J connectivity index is 2.00. The van der Waals surface area contributed by atoms with Crippen molar-refractivity contribution in [2.45, 2.75) is 25.3 Å². The normalized spacial score (nSPS) is 15.8. The van der Waals surface area contributed by atoms with Crippen LogP contribution in [0.3, 0.4) is 0 Å². The Hall–Kier alpha value is -2.95. The Morgan fingerprint density at radius 1 is 1.61 bits per heavy atom. The molecule has 1 unspecified atom stereocenters. The molecule has 1 aliphatic carbocycles. The maximum Gasteiger partial charge on any atom is 0.270 e. The van der Waals surface area contributed by atoms with Crippen molar-refractivity contribution in [3.05, 3.63) is 33.9 Å². The number of hydrogen-bond donors (Lipinski definition) is 1. The number of nitro benzene ring substituents is 1. The second-order valence-corrected chi connectivity index (χ2v) is 5.52. The molecule has 0 radical (unpaired) electrons. The van der Waals surface area contributed by atoms with Crippen LogP contribution in [0.25, 0.3) is 0 Å². The summed E-state index contributed by atoms with van der Waals surface area (Å²) in [4.78, 5) is 32.9. The number of ether oxygens (including phenoxy) is 1. The summed E-state index contributed by atoms with van der Waals surface area (Å²) in [5.74, 6) is -0.275. The molecular formula is C15H15N3O5. The molecule has 1 saturated carbocycles. The van der Waals surface area contributed by atoms with Gasteiger partial charge in [0.05, 0.1) is 16.6 Å². The lowest BCUT2D eigenvalue weighted by atomic mass is 9.98. The minimum absolute atomic E-state index is 0.0164. The van der Waals surface area contributed by atoms with E-state index in [1.807, 2.05) is 0 Å². The summed E-state index contributed by atoms with van der Waals surface area (Å²) in [6.07, 6.45) is 2.20. The van der Waals surface area contributed by atoms with Gasteiger partial charge in [-0.1, -0.05) is 0 Å². The van der Waals surface area contributed by atoms with Gasteiger partial charge < -0.3 is 10.1 Å². The predicted octanol–water partition coefficient (Wildman–Crippen LogP) is 1.59. The van der Waals surface area contributed by atoms with Crippen LogP contribution in [0.1, 0.15) is 30.1 Å². The molecule has 2 rings (SSSR count). The van der Waals surface area contributed by atoms with Crippen LogP contribution in [0.5, 0.6) is 5.75 Å². The summed E-state index contributed by atoms with van der Waals surface area (Å²) >= 11 is 0. The highest BCUT2D eigenvalue weighted by Crippen LogP contribution is 2.39. The van der Waals surface area contributed by atoms with Gasteiger partial charge in [0.15, 0.2) is 12.9 Å². The summed E-state index contributed by atoms with van der Waals surface area (Å²) in [5, 5.41) is 22.5. The van der Waals surface area contributed by atoms with Crippen molar-refractivity contribution in [3.8, 4) is 11.8 Å². The number of amides is 1. The number of non-ortho nitro benzene ring substituents is 1. The first-order valence-electron chi connectivity index (χ1n) is 6.98. The zero-order chi connectivity index (χ0) is 17.0. The first kappa shape index (κ1) is 16.4. The molecular weight excluding hydrogens is 302 g/mol. The van der Waals surface area contributed by atoms with Crippen molar-refractivity contribution < 1.29 is 19.2 Å². The molecule has 1 fully saturated rings. The van der Waals surface area contributed by atoms with Crippen LogP contribution in [0, 0.1) is 27.4 Å². The first-order chi connectivity index (χ1) is 10.9. The summed E-state index contributed by atoms with van der Waals surface area (Å²) in [6.45, 7) is 1.27. The van der Waals surface area contributed by atoms with Gasteiger partial charge in [0, 0.05) is 12.1 Å². The van der Waals surface area contributed by atoms with Crippen LogP contribution >= 0.6 is 0 Å². The Morgan fingerprint density at radius 2 is 2.30 bits per heavy atom. The van der Waals surface area contributed by atoms with E-state index in [1.165, 1.54) is 12.1 Å². The fourth-order valence-electron chi connectivity index (χ4n) is 2.22. The van der Waals surface area contributed by atoms with Crippen LogP contribution in [-0.4, -0.2) is 29.3 Å². The van der Waals surface area contributed by atoms with Crippen LogP contribution in [0.4, 0.5) is 5.69 Å². The Labute approximate surface area is 132 Å². The molecule has 1 N–H and O–H groups in total. The van der Waals surface area contributed by atoms with Crippen molar-refractivity contribution in [2.75, 3.05) is 6.61 Å². The molecule has 0 heterocycles. The highest BCUT2D eigenvalue weighted by atomic mass is 16.6. The van der Waals surface area contributed by atoms with Gasteiger partial charge in [-0.15, -0.1) is 0 Å². The number of carbonyl (C=O) groups is 2. The molecule has 1 aromatic carbocycles. The second-order valence-electron chi connectivity index (χ2n) is 5.52. The van der Waals surface area contributed by atoms with Crippen LogP contribution < -0.4 is 10.1 Å². The molecule has 8 nitrogen and oxygen atoms in total. The van der Waals surface area contributed by atoms with Gasteiger partial charge in [-0.05, 0) is 31.7 Å². The first-order valence-corrected chi connectivity index (χ1v) is 6.98. The SMILES string of the molecule is CC(C#N)(NC(=O)COc1ccc([N+](=O)[O-])cc1C=O)C1CC1. The monoisotopic (exact) mass is 317 g/mol. The van der Waals surface area contributed by atoms with E-state index in [0.29, 0.717) is 6.29 Å². The smallest absolute Gasteiger partial charge is 0.270 e. The van der Waals surface area contributed by atoms with E-state index >= 15 is 0 Å². The Kier molecular flexibility index (Phi) is 4.60. The van der Waals surface area contributed by atoms with Crippen molar-refractivity contribution >= 4 is 17.9 Å². The quantitative estimate of drug-likeness (QED) is 0.463. The number of aldehydes is 1. The maximum atomic E-state index is 11.9. The van der Waals surface area contributed by atoms with E-state index in [1.54, 1.807) is 6.92 Å². The highest BCUT2D eigenvalue weighted by Gasteiger charge is 2.43. The van der Waals surface area contributed by atoms with Crippen molar-refractivity contribution in [2.24, 2.45) is 5.92 Å². The van der Waals surface area contributed by atoms with Crippen LogP contribution in [0.15, 0.2) is 18.2 Å². The van der Waals surface area contributed by atoms with Crippen LogP contribution in [0.2, 0.25) is 0 Å². The summed E-state index contributed by atoms with van der Waals surface area (Å²) in [5.41, 5.74) is -1.18. The number of nitrogens with zero attached hydrogens (tertiary/aromatic N) is 2. The average molecular weight is 317 g/mol. The van der Waals surface area contributed by atoms with E-state index < -0.39 is 16.4 Å². The zero-order valence-corrected chi connectivity index (χ0v) is 12.4. The van der Waals surface area contributed by atoms with E-state index in [4.69, 9.17) is 4.74 Å². The molecule has 1 aliphatic rings. The lowest BCUT2D eigenvalue weighted by Crippen LogP contribution is -2.48. The molecule has 1 amide bonds. The molecule has 0 bridgehead atoms. The third kappa shape index (κ3) is 3.83. The van der Waals surface area contributed by atoms with Crippen molar-refractivity contribution in [3.63, 3.8) is 0 Å². The molecule has 0 aliphatic heterocycles. The number of rotatable bonds is 7. The Bertz CT molecular complexity index is 693. The van der Waals surface area contributed by atoms with E-state index in [0.717, 1.165) is 18.9 Å². The molecule has 0 spiro atoms. The van der Waals surface area contributed by atoms with Gasteiger partial charge in [0.25, 0.3) is 11.6 Å².